The summed E-state index contributed by atoms with van der Waals surface area (Å²) < 4.78 is 26.7. The lowest BCUT2D eigenvalue weighted by atomic mass is 9.82. The van der Waals surface area contributed by atoms with Gasteiger partial charge in [0.1, 0.15) is 0 Å². The van der Waals surface area contributed by atoms with Crippen molar-refractivity contribution >= 4 is 15.7 Å². The van der Waals surface area contributed by atoms with Crippen LogP contribution in [0.15, 0.2) is 24.3 Å². The van der Waals surface area contributed by atoms with E-state index in [1.54, 1.807) is 28.6 Å². The number of nitrogens with two attached hydrogens (primary N) is 1. The van der Waals surface area contributed by atoms with Gasteiger partial charge in [-0.05, 0) is 42.4 Å². The maximum atomic E-state index is 12.5. The summed E-state index contributed by atoms with van der Waals surface area (Å²) in [4.78, 5) is 0. The summed E-state index contributed by atoms with van der Waals surface area (Å²) >= 11 is 0. The number of rotatable bonds is 5. The maximum absolute atomic E-state index is 12.5. The van der Waals surface area contributed by atoms with Crippen LogP contribution in [0.4, 0.5) is 5.69 Å². The molecule has 1 aromatic carbocycles. The van der Waals surface area contributed by atoms with Crippen LogP contribution in [0, 0.1) is 5.41 Å². The van der Waals surface area contributed by atoms with Crippen molar-refractivity contribution in [2.24, 2.45) is 5.41 Å². The van der Waals surface area contributed by atoms with E-state index in [0.717, 1.165) is 24.8 Å². The Morgan fingerprint density at radius 2 is 1.80 bits per heavy atom. The predicted molar refractivity (Wildman–Crippen MR) is 82.7 cm³/mol. The molecular formula is C15H24N2O2S. The van der Waals surface area contributed by atoms with Crippen molar-refractivity contribution in [2.45, 2.75) is 38.9 Å². The number of nitrogen functional groups attached to an aromatic ring is 1. The predicted octanol–water partition coefficient (Wildman–Crippen LogP) is 2.61. The fourth-order valence-electron chi connectivity index (χ4n) is 2.87. The summed E-state index contributed by atoms with van der Waals surface area (Å²) in [6, 6.07) is 7.07. The van der Waals surface area contributed by atoms with E-state index in [4.69, 9.17) is 5.73 Å². The number of nitrogens with zero attached hydrogens (tertiary/aromatic N) is 1. The molecule has 1 aromatic rings. The monoisotopic (exact) mass is 296 g/mol. The fourth-order valence-corrected chi connectivity index (χ4v) is 4.51. The summed E-state index contributed by atoms with van der Waals surface area (Å²) in [5.74, 6) is 0.0663. The van der Waals surface area contributed by atoms with Crippen molar-refractivity contribution in [1.82, 2.24) is 4.31 Å². The summed E-state index contributed by atoms with van der Waals surface area (Å²) in [5.41, 5.74) is 7.25. The molecule has 1 aliphatic rings. The van der Waals surface area contributed by atoms with Gasteiger partial charge in [0.15, 0.2) is 0 Å². The average molecular weight is 296 g/mol. The molecule has 1 fully saturated rings. The van der Waals surface area contributed by atoms with Gasteiger partial charge in [-0.2, -0.15) is 0 Å². The van der Waals surface area contributed by atoms with Gasteiger partial charge < -0.3 is 5.73 Å². The van der Waals surface area contributed by atoms with Gasteiger partial charge in [0, 0.05) is 18.8 Å². The van der Waals surface area contributed by atoms with Crippen LogP contribution in [0.2, 0.25) is 0 Å². The van der Waals surface area contributed by atoms with Crippen LogP contribution in [-0.4, -0.2) is 25.8 Å². The SMILES string of the molecule is CCC1(CC)CCN(S(=O)(=O)Cc2ccc(N)cc2)C1. The first-order valence-electron chi connectivity index (χ1n) is 7.23. The van der Waals surface area contributed by atoms with E-state index < -0.39 is 10.0 Å². The molecule has 112 valence electrons. The average Bonchev–Trinajstić information content (AvgIpc) is 2.87. The summed E-state index contributed by atoms with van der Waals surface area (Å²) in [6.45, 7) is 5.62. The van der Waals surface area contributed by atoms with Gasteiger partial charge in [0.25, 0.3) is 0 Å². The van der Waals surface area contributed by atoms with Gasteiger partial charge in [-0.1, -0.05) is 26.0 Å². The van der Waals surface area contributed by atoms with E-state index in [2.05, 4.69) is 13.8 Å². The lowest BCUT2D eigenvalue weighted by Crippen LogP contribution is -2.32. The van der Waals surface area contributed by atoms with Gasteiger partial charge >= 0.3 is 0 Å². The zero-order valence-electron chi connectivity index (χ0n) is 12.3. The topological polar surface area (TPSA) is 63.4 Å². The molecule has 0 aliphatic carbocycles. The van der Waals surface area contributed by atoms with Crippen LogP contribution in [0.3, 0.4) is 0 Å². The molecule has 0 amide bonds. The first kappa shape index (κ1) is 15.3. The Hall–Kier alpha value is -1.07. The van der Waals surface area contributed by atoms with Crippen LogP contribution < -0.4 is 5.73 Å². The first-order chi connectivity index (χ1) is 9.41. The van der Waals surface area contributed by atoms with Crippen molar-refractivity contribution in [3.63, 3.8) is 0 Å². The minimum atomic E-state index is -3.22. The largest absolute Gasteiger partial charge is 0.399 e. The Labute approximate surface area is 122 Å². The fraction of sp³-hybridized carbons (Fsp3) is 0.600. The Morgan fingerprint density at radius 1 is 1.20 bits per heavy atom. The van der Waals surface area contributed by atoms with Gasteiger partial charge in [-0.3, -0.25) is 0 Å². The van der Waals surface area contributed by atoms with E-state index in [-0.39, 0.29) is 11.2 Å². The third kappa shape index (κ3) is 3.15. The van der Waals surface area contributed by atoms with Crippen LogP contribution in [0.1, 0.15) is 38.7 Å². The van der Waals surface area contributed by atoms with Crippen molar-refractivity contribution in [3.8, 4) is 0 Å². The molecule has 4 nitrogen and oxygen atoms in total. The minimum absolute atomic E-state index is 0.0663. The molecule has 0 bridgehead atoms. The van der Waals surface area contributed by atoms with Gasteiger partial charge in [-0.15, -0.1) is 0 Å². The van der Waals surface area contributed by atoms with Crippen molar-refractivity contribution in [1.29, 1.82) is 0 Å². The van der Waals surface area contributed by atoms with E-state index >= 15 is 0 Å². The number of benzene rings is 1. The van der Waals surface area contributed by atoms with Crippen molar-refractivity contribution < 1.29 is 8.42 Å². The molecule has 1 aliphatic heterocycles. The molecule has 0 spiro atoms. The Morgan fingerprint density at radius 3 is 2.30 bits per heavy atom. The van der Waals surface area contributed by atoms with Crippen LogP contribution >= 0.6 is 0 Å². The number of sulfonamides is 1. The maximum Gasteiger partial charge on any atom is 0.218 e. The molecule has 0 radical (unpaired) electrons. The van der Waals surface area contributed by atoms with E-state index in [1.165, 1.54) is 0 Å². The molecule has 2 N–H and O–H groups in total. The molecule has 20 heavy (non-hydrogen) atoms. The molecule has 1 heterocycles. The summed E-state index contributed by atoms with van der Waals surface area (Å²) in [6.07, 6.45) is 3.05. The third-order valence-electron chi connectivity index (χ3n) is 4.63. The summed E-state index contributed by atoms with van der Waals surface area (Å²) in [7, 11) is -3.22. The number of hydrogen-bond acceptors (Lipinski definition) is 3. The Bertz CT molecular complexity index is 548. The van der Waals surface area contributed by atoms with Crippen LogP contribution in [0.25, 0.3) is 0 Å². The van der Waals surface area contributed by atoms with E-state index in [9.17, 15) is 8.42 Å². The van der Waals surface area contributed by atoms with Crippen molar-refractivity contribution in [3.05, 3.63) is 29.8 Å². The molecule has 0 atom stereocenters. The van der Waals surface area contributed by atoms with Gasteiger partial charge in [0.2, 0.25) is 10.0 Å². The highest BCUT2D eigenvalue weighted by Gasteiger charge is 2.39. The van der Waals surface area contributed by atoms with E-state index in [1.807, 2.05) is 0 Å². The van der Waals surface area contributed by atoms with Gasteiger partial charge in [0.05, 0.1) is 5.75 Å². The molecule has 1 saturated heterocycles. The smallest absolute Gasteiger partial charge is 0.218 e. The molecule has 5 heteroatoms. The van der Waals surface area contributed by atoms with E-state index in [0.29, 0.717) is 18.8 Å². The standard InChI is InChI=1S/C15H24N2O2S/c1-3-15(4-2)9-10-17(12-15)20(18,19)11-13-5-7-14(16)8-6-13/h5-8H,3-4,9-12,16H2,1-2H3. The lowest BCUT2D eigenvalue weighted by Gasteiger charge is -2.26. The normalized spacial score (nSPS) is 19.3. The van der Waals surface area contributed by atoms with Crippen molar-refractivity contribution in [2.75, 3.05) is 18.8 Å². The second-order valence-corrected chi connectivity index (χ2v) is 7.76. The minimum Gasteiger partial charge on any atom is -0.399 e. The highest BCUT2D eigenvalue weighted by atomic mass is 32.2. The zero-order valence-corrected chi connectivity index (χ0v) is 13.1. The lowest BCUT2D eigenvalue weighted by molar-refractivity contribution is 0.279. The molecular weight excluding hydrogens is 272 g/mol. The zero-order chi connectivity index (χ0) is 14.8. The van der Waals surface area contributed by atoms with Crippen LogP contribution in [0.5, 0.6) is 0 Å². The second-order valence-electron chi connectivity index (χ2n) is 5.79. The van der Waals surface area contributed by atoms with Crippen LogP contribution in [-0.2, 0) is 15.8 Å². The quantitative estimate of drug-likeness (QED) is 0.850. The molecule has 2 rings (SSSR count). The number of anilines is 1. The Balaban J connectivity index is 2.10. The number of hydrogen-bond donors (Lipinski definition) is 1. The highest BCUT2D eigenvalue weighted by Crippen LogP contribution is 2.38. The molecule has 0 saturated carbocycles. The Kier molecular flexibility index (Phi) is 4.39. The van der Waals surface area contributed by atoms with Gasteiger partial charge in [-0.25, -0.2) is 12.7 Å². The third-order valence-corrected chi connectivity index (χ3v) is 6.42. The summed E-state index contributed by atoms with van der Waals surface area (Å²) in [5, 5.41) is 0. The first-order valence-corrected chi connectivity index (χ1v) is 8.84. The molecule has 0 unspecified atom stereocenters. The highest BCUT2D eigenvalue weighted by molar-refractivity contribution is 7.88. The molecule has 0 aromatic heterocycles. The second kappa shape index (κ2) is 5.74.